The molecule has 0 aliphatic carbocycles. The maximum absolute atomic E-state index is 12.7. The van der Waals surface area contributed by atoms with Crippen LogP contribution in [0.5, 0.6) is 0 Å². The first-order chi connectivity index (χ1) is 12.6. The number of esters is 1. The Morgan fingerprint density at radius 2 is 1.85 bits per heavy atom. The van der Waals surface area contributed by atoms with Crippen molar-refractivity contribution in [2.45, 2.75) is 19.4 Å². The highest BCUT2D eigenvalue weighted by Crippen LogP contribution is 2.31. The Bertz CT molecular complexity index is 978. The highest BCUT2D eigenvalue weighted by atomic mass is 16.5. The first kappa shape index (κ1) is 16.1. The molecule has 2 heterocycles. The summed E-state index contributed by atoms with van der Waals surface area (Å²) < 4.78 is 10.7. The van der Waals surface area contributed by atoms with Gasteiger partial charge >= 0.3 is 5.97 Å². The Morgan fingerprint density at radius 3 is 2.65 bits per heavy atom. The van der Waals surface area contributed by atoms with Crippen LogP contribution in [0.4, 0.5) is 5.69 Å². The lowest BCUT2D eigenvalue weighted by Crippen LogP contribution is -2.38. The number of anilines is 1. The Kier molecular flexibility index (Phi) is 4.01. The van der Waals surface area contributed by atoms with Crippen LogP contribution in [0, 0.1) is 6.92 Å². The number of benzene rings is 2. The molecule has 1 aliphatic heterocycles. The average molecular weight is 348 g/mol. The van der Waals surface area contributed by atoms with Crippen molar-refractivity contribution in [2.75, 3.05) is 5.32 Å². The Hall–Kier alpha value is -3.41. The zero-order chi connectivity index (χ0) is 18.1. The fourth-order valence-electron chi connectivity index (χ4n) is 2.98. The summed E-state index contributed by atoms with van der Waals surface area (Å²) in [6.07, 6.45) is -0.561. The van der Waals surface area contributed by atoms with E-state index in [1.807, 2.05) is 42.5 Å². The molecular weight excluding hydrogens is 332 g/mol. The van der Waals surface area contributed by atoms with Crippen LogP contribution in [0.15, 0.2) is 59.1 Å². The van der Waals surface area contributed by atoms with Crippen molar-refractivity contribution < 1.29 is 18.8 Å². The molecule has 0 saturated heterocycles. The van der Waals surface area contributed by atoms with Crippen molar-refractivity contribution in [3.63, 3.8) is 0 Å². The van der Waals surface area contributed by atoms with Crippen molar-refractivity contribution in [2.24, 2.45) is 0 Å². The number of nitrogens with zero attached hydrogens (tertiary/aromatic N) is 1. The Balaban J connectivity index is 1.59. The summed E-state index contributed by atoms with van der Waals surface area (Å²) in [6, 6.07) is 16.5. The molecule has 6 heteroatoms. The van der Waals surface area contributed by atoms with Gasteiger partial charge in [-0.05, 0) is 18.6 Å². The number of aromatic nitrogens is 1. The summed E-state index contributed by atoms with van der Waals surface area (Å²) in [6.45, 7) is 1.74. The van der Waals surface area contributed by atoms with Crippen LogP contribution in [0.2, 0.25) is 0 Å². The van der Waals surface area contributed by atoms with E-state index in [9.17, 15) is 9.59 Å². The van der Waals surface area contributed by atoms with Gasteiger partial charge in [-0.25, -0.2) is 4.79 Å². The normalized spacial score (nSPS) is 15.9. The lowest BCUT2D eigenvalue weighted by Gasteiger charge is -2.23. The van der Waals surface area contributed by atoms with Crippen molar-refractivity contribution in [1.29, 1.82) is 0 Å². The molecular formula is C20H16N2O4. The van der Waals surface area contributed by atoms with Crippen LogP contribution < -0.4 is 5.32 Å². The molecule has 1 amide bonds. The molecule has 1 N–H and O–H groups in total. The number of cyclic esters (lactones) is 1. The van der Waals surface area contributed by atoms with E-state index in [1.165, 1.54) is 0 Å². The van der Waals surface area contributed by atoms with Crippen LogP contribution in [0.25, 0.3) is 11.3 Å². The monoisotopic (exact) mass is 348 g/mol. The molecule has 6 nitrogen and oxygen atoms in total. The minimum absolute atomic E-state index is 0.332. The molecule has 0 saturated carbocycles. The predicted molar refractivity (Wildman–Crippen MR) is 94.7 cm³/mol. The van der Waals surface area contributed by atoms with Gasteiger partial charge in [-0.1, -0.05) is 53.7 Å². The van der Waals surface area contributed by atoms with E-state index >= 15 is 0 Å². The zero-order valence-corrected chi connectivity index (χ0v) is 14.1. The first-order valence-electron chi connectivity index (χ1n) is 8.25. The quantitative estimate of drug-likeness (QED) is 0.734. The fourth-order valence-corrected chi connectivity index (χ4v) is 2.98. The third-order valence-electron chi connectivity index (χ3n) is 4.33. The van der Waals surface area contributed by atoms with Gasteiger partial charge in [0.15, 0.2) is 11.9 Å². The van der Waals surface area contributed by atoms with Crippen molar-refractivity contribution in [3.05, 3.63) is 71.4 Å². The molecule has 3 aromatic rings. The molecule has 0 fully saturated rings. The number of carbonyl (C=O) groups excluding carboxylic acids is 2. The summed E-state index contributed by atoms with van der Waals surface area (Å²) in [5.74, 6) is -0.423. The van der Waals surface area contributed by atoms with Gasteiger partial charge in [-0.3, -0.25) is 4.79 Å². The molecule has 0 unspecified atom stereocenters. The molecule has 26 heavy (non-hydrogen) atoms. The highest BCUT2D eigenvalue weighted by Gasteiger charge is 2.32. The maximum Gasteiger partial charge on any atom is 0.339 e. The van der Waals surface area contributed by atoms with Gasteiger partial charge in [0.2, 0.25) is 0 Å². The molecule has 1 aliphatic rings. The smallest absolute Gasteiger partial charge is 0.339 e. The van der Waals surface area contributed by atoms with E-state index in [4.69, 9.17) is 9.26 Å². The second kappa shape index (κ2) is 6.48. The lowest BCUT2D eigenvalue weighted by molar-refractivity contribution is -0.125. The number of aryl methyl sites for hydroxylation is 1. The van der Waals surface area contributed by atoms with Gasteiger partial charge < -0.3 is 14.6 Å². The molecule has 1 aromatic heterocycles. The minimum Gasteiger partial charge on any atom is -0.448 e. The Labute approximate surface area is 149 Å². The summed E-state index contributed by atoms with van der Waals surface area (Å²) in [5, 5.41) is 6.75. The third-order valence-corrected chi connectivity index (χ3v) is 4.33. The topological polar surface area (TPSA) is 81.4 Å². The largest absolute Gasteiger partial charge is 0.448 e. The number of fused-ring (bicyclic) bond motifs is 1. The number of nitrogens with one attached hydrogen (secondary N) is 1. The summed E-state index contributed by atoms with van der Waals surface area (Å²) in [4.78, 5) is 24.8. The van der Waals surface area contributed by atoms with Crippen LogP contribution in [0.1, 0.15) is 21.6 Å². The Morgan fingerprint density at radius 1 is 1.12 bits per heavy atom. The van der Waals surface area contributed by atoms with Crippen LogP contribution >= 0.6 is 0 Å². The van der Waals surface area contributed by atoms with Crippen LogP contribution in [-0.4, -0.2) is 23.1 Å². The second-order valence-electron chi connectivity index (χ2n) is 6.08. The number of hydrogen-bond donors (Lipinski definition) is 1. The first-order valence-corrected chi connectivity index (χ1v) is 8.25. The number of amides is 1. The van der Waals surface area contributed by atoms with Crippen molar-refractivity contribution in [1.82, 2.24) is 5.16 Å². The minimum atomic E-state index is -0.893. The van der Waals surface area contributed by atoms with Gasteiger partial charge in [-0.15, -0.1) is 0 Å². The zero-order valence-electron chi connectivity index (χ0n) is 14.1. The lowest BCUT2D eigenvalue weighted by atomic mass is 9.98. The van der Waals surface area contributed by atoms with Gasteiger partial charge in [0, 0.05) is 12.0 Å². The summed E-state index contributed by atoms with van der Waals surface area (Å²) in [7, 11) is 0. The third kappa shape index (κ3) is 2.86. The van der Waals surface area contributed by atoms with Crippen LogP contribution in [-0.2, 0) is 16.0 Å². The van der Waals surface area contributed by atoms with Crippen molar-refractivity contribution >= 4 is 17.6 Å². The van der Waals surface area contributed by atoms with E-state index in [0.29, 0.717) is 29.1 Å². The second-order valence-corrected chi connectivity index (χ2v) is 6.08. The predicted octanol–water partition coefficient (Wildman–Crippen LogP) is 3.37. The maximum atomic E-state index is 12.7. The number of rotatable bonds is 3. The molecule has 4 rings (SSSR count). The summed E-state index contributed by atoms with van der Waals surface area (Å²) in [5.41, 5.74) is 3.14. The van der Waals surface area contributed by atoms with Gasteiger partial charge in [0.25, 0.3) is 5.91 Å². The molecule has 0 radical (unpaired) electrons. The molecule has 2 aromatic carbocycles. The van der Waals surface area contributed by atoms with E-state index in [-0.39, 0.29) is 0 Å². The van der Waals surface area contributed by atoms with E-state index in [2.05, 4.69) is 10.5 Å². The standard InChI is InChI=1S/C20H16N2O4/c1-12-17(18(26-22-12)13-7-3-2-4-8-13)21-19(23)16-11-14-9-5-6-10-15(14)20(24)25-16/h2-10,16H,11H2,1H3,(H,21,23)/t16-/m1/s1. The van der Waals surface area contributed by atoms with E-state index in [0.717, 1.165) is 11.1 Å². The fraction of sp³-hybridized carbons (Fsp3) is 0.150. The molecule has 1 atom stereocenters. The molecule has 130 valence electrons. The number of hydrogen-bond acceptors (Lipinski definition) is 5. The highest BCUT2D eigenvalue weighted by molar-refractivity contribution is 6.01. The average Bonchev–Trinajstić information content (AvgIpc) is 3.03. The van der Waals surface area contributed by atoms with E-state index < -0.39 is 18.0 Å². The van der Waals surface area contributed by atoms with Gasteiger partial charge in [0.1, 0.15) is 11.4 Å². The number of ether oxygens (including phenoxy) is 1. The van der Waals surface area contributed by atoms with Gasteiger partial charge in [-0.2, -0.15) is 0 Å². The van der Waals surface area contributed by atoms with Gasteiger partial charge in [0.05, 0.1) is 5.56 Å². The van der Waals surface area contributed by atoms with Crippen LogP contribution in [0.3, 0.4) is 0 Å². The molecule has 0 spiro atoms. The van der Waals surface area contributed by atoms with Crippen molar-refractivity contribution in [3.8, 4) is 11.3 Å². The van der Waals surface area contributed by atoms with E-state index in [1.54, 1.807) is 19.1 Å². The SMILES string of the molecule is Cc1noc(-c2ccccc2)c1NC(=O)[C@H]1Cc2ccccc2C(=O)O1. The summed E-state index contributed by atoms with van der Waals surface area (Å²) >= 11 is 0. The molecule has 0 bridgehead atoms. The number of carbonyl (C=O) groups is 2.